The van der Waals surface area contributed by atoms with Crippen molar-refractivity contribution in [2.24, 2.45) is 0 Å². The Balaban J connectivity index is 1.12. The van der Waals surface area contributed by atoms with Crippen LogP contribution in [0.4, 0.5) is 5.69 Å². The number of aryl methyl sites for hydroxylation is 2. The highest BCUT2D eigenvalue weighted by Gasteiger charge is 2.37. The summed E-state index contributed by atoms with van der Waals surface area (Å²) in [5.74, 6) is -2.87. The zero-order valence-electron chi connectivity index (χ0n) is 26.8. The highest BCUT2D eigenvalue weighted by atomic mass is 35.5. The van der Waals surface area contributed by atoms with E-state index in [1.54, 1.807) is 36.4 Å². The molecular weight excluding hydrogens is 692 g/mol. The Kier molecular flexibility index (Phi) is 12.2. The van der Waals surface area contributed by atoms with Crippen LogP contribution in [-0.4, -0.2) is 72.3 Å². The van der Waals surface area contributed by atoms with Crippen molar-refractivity contribution in [2.75, 3.05) is 11.9 Å². The first kappa shape index (κ1) is 36.6. The smallest absolute Gasteiger partial charge is 0.332 e. The molecule has 2 heterocycles. The minimum absolute atomic E-state index is 0.00948. The molecule has 4 atom stereocenters. The van der Waals surface area contributed by atoms with E-state index in [1.165, 1.54) is 29.3 Å². The molecule has 0 radical (unpaired) electrons. The molecule has 0 bridgehead atoms. The number of nitrogens with one attached hydrogen (secondary N) is 3. The largest absolute Gasteiger partial charge is 0.480 e. The van der Waals surface area contributed by atoms with Gasteiger partial charge < -0.3 is 25.2 Å². The number of benzene rings is 3. The van der Waals surface area contributed by atoms with Crippen molar-refractivity contribution in [1.29, 1.82) is 0 Å². The second-order valence-corrected chi connectivity index (χ2v) is 15.1. The number of carboxylic acid groups (broad SMARTS) is 2. The lowest BCUT2D eigenvalue weighted by atomic mass is 10.0. The van der Waals surface area contributed by atoms with Gasteiger partial charge in [-0.15, -0.1) is 0 Å². The van der Waals surface area contributed by atoms with E-state index in [0.29, 0.717) is 29.7 Å². The van der Waals surface area contributed by atoms with Crippen LogP contribution in [0.5, 0.6) is 0 Å². The fourth-order valence-electron chi connectivity index (χ4n) is 5.83. The van der Waals surface area contributed by atoms with E-state index in [4.69, 9.17) is 16.3 Å². The Morgan fingerprint density at radius 2 is 1.73 bits per heavy atom. The number of nitrogens with zero attached hydrogens (tertiary/aromatic N) is 1. The van der Waals surface area contributed by atoms with Gasteiger partial charge in [-0.05, 0) is 86.2 Å². The average molecular weight is 731 g/mol. The molecule has 2 aliphatic rings. The van der Waals surface area contributed by atoms with Crippen molar-refractivity contribution in [3.8, 4) is 0 Å². The Morgan fingerprint density at radius 3 is 2.43 bits per heavy atom. The number of amides is 1. The normalized spacial score (nSPS) is 18.7. The summed E-state index contributed by atoms with van der Waals surface area (Å²) in [7, 11) is -3.95. The van der Waals surface area contributed by atoms with E-state index in [0.717, 1.165) is 24.1 Å². The molecular formula is C34H39ClN4O8S2. The van der Waals surface area contributed by atoms with Crippen molar-refractivity contribution in [3.63, 3.8) is 0 Å². The van der Waals surface area contributed by atoms with Gasteiger partial charge in [-0.3, -0.25) is 4.79 Å². The zero-order valence-corrected chi connectivity index (χ0v) is 29.2. The van der Waals surface area contributed by atoms with E-state index in [1.807, 2.05) is 18.2 Å². The number of carboxylic acids is 2. The molecule has 5 N–H and O–H groups in total. The van der Waals surface area contributed by atoms with Gasteiger partial charge >= 0.3 is 11.9 Å². The van der Waals surface area contributed by atoms with Crippen LogP contribution in [0, 0.1) is 0 Å². The molecule has 2 unspecified atom stereocenters. The third-order valence-electron chi connectivity index (χ3n) is 8.53. The number of likely N-dealkylation sites (tertiary alicyclic amines) is 1. The van der Waals surface area contributed by atoms with Crippen LogP contribution in [0.2, 0.25) is 5.02 Å². The number of sulfonamides is 1. The summed E-state index contributed by atoms with van der Waals surface area (Å²) in [6.07, 6.45) is 0.606. The third-order valence-corrected chi connectivity index (χ3v) is 11.4. The predicted molar refractivity (Wildman–Crippen MR) is 186 cm³/mol. The minimum atomic E-state index is -3.95. The van der Waals surface area contributed by atoms with Crippen molar-refractivity contribution in [1.82, 2.24) is 14.3 Å². The molecule has 12 nitrogen and oxygen atoms in total. The van der Waals surface area contributed by atoms with Gasteiger partial charge in [0.1, 0.15) is 17.0 Å². The van der Waals surface area contributed by atoms with Gasteiger partial charge in [0.05, 0.1) is 16.9 Å². The standard InChI is InChI=1S/C34H39ClN4O8S2/c1-21(32(40)39-17-5-8-27(39)33(41)42)47-28(34(43)44)15-13-23-9-11-24(12-10-23)20-36-49(45,46)30-19-29-26(18-25(30)35)37-31(38-48-29)16-14-22-6-3-2-4-7-22/h2-4,6-7,9-12,18-19,21,27-28,31,36-38H,5,8,13-17,20H2,1H3,(H,41,42)(H,43,44)/t21?,27-,28-,31?/m0/s1. The number of aliphatic carboxylic acids is 2. The number of fused-ring (bicyclic) bond motifs is 1. The molecule has 0 spiro atoms. The summed E-state index contributed by atoms with van der Waals surface area (Å²) < 4.78 is 38.0. The van der Waals surface area contributed by atoms with Crippen molar-refractivity contribution in [3.05, 3.63) is 88.4 Å². The van der Waals surface area contributed by atoms with Crippen molar-refractivity contribution in [2.45, 2.75) is 86.2 Å². The van der Waals surface area contributed by atoms with E-state index in [9.17, 15) is 33.0 Å². The maximum atomic E-state index is 13.2. The first-order chi connectivity index (χ1) is 23.4. The van der Waals surface area contributed by atoms with E-state index in [2.05, 4.69) is 26.9 Å². The number of anilines is 1. The number of carbonyl (C=O) groups excluding carboxylic acids is 1. The number of rotatable bonds is 15. The van der Waals surface area contributed by atoms with Gasteiger partial charge in [-0.1, -0.05) is 66.2 Å². The van der Waals surface area contributed by atoms with Gasteiger partial charge in [0.15, 0.2) is 6.10 Å². The maximum Gasteiger partial charge on any atom is 0.332 e. The van der Waals surface area contributed by atoms with Crippen LogP contribution in [0.15, 0.2) is 76.5 Å². The summed E-state index contributed by atoms with van der Waals surface area (Å²) in [5.41, 5.74) is 3.47. The highest BCUT2D eigenvalue weighted by molar-refractivity contribution is 7.97. The first-order valence-electron chi connectivity index (χ1n) is 16.0. The monoisotopic (exact) mass is 730 g/mol. The lowest BCUT2D eigenvalue weighted by Crippen LogP contribution is -2.46. The molecule has 3 aromatic carbocycles. The molecule has 49 heavy (non-hydrogen) atoms. The number of hydrogen-bond donors (Lipinski definition) is 5. The maximum absolute atomic E-state index is 13.2. The second kappa shape index (κ2) is 16.4. The molecule has 3 aromatic rings. The fraction of sp³-hybridized carbons (Fsp3) is 0.382. The summed E-state index contributed by atoms with van der Waals surface area (Å²) in [4.78, 5) is 38.1. The summed E-state index contributed by atoms with van der Waals surface area (Å²) in [6.45, 7) is 1.73. The van der Waals surface area contributed by atoms with Gasteiger partial charge in [0, 0.05) is 18.0 Å². The Hall–Kier alpha value is -3.66. The van der Waals surface area contributed by atoms with Crippen LogP contribution in [-0.2, 0) is 48.5 Å². The fourth-order valence-corrected chi connectivity index (χ4v) is 8.32. The summed E-state index contributed by atoms with van der Waals surface area (Å²) >= 11 is 7.82. The number of halogens is 1. The third kappa shape index (κ3) is 9.53. The van der Waals surface area contributed by atoms with Crippen molar-refractivity contribution < 1.29 is 37.8 Å². The molecule has 15 heteroatoms. The second-order valence-electron chi connectivity index (χ2n) is 12.0. The van der Waals surface area contributed by atoms with E-state index in [-0.39, 0.29) is 35.6 Å². The van der Waals surface area contributed by atoms with Crippen molar-refractivity contribution >= 4 is 57.1 Å². The molecule has 0 aromatic heterocycles. The SMILES string of the molecule is CC(O[C@@H](CCc1ccc(CNS(=O)(=O)c2cc3c(cc2Cl)NC(CCc2ccccc2)NS3)cc1)C(=O)O)C(=O)N1CCC[C@H]1C(=O)O. The van der Waals surface area contributed by atoms with Crippen LogP contribution in [0.25, 0.3) is 0 Å². The molecule has 262 valence electrons. The molecule has 0 aliphatic carbocycles. The number of ether oxygens (including phenoxy) is 1. The minimum Gasteiger partial charge on any atom is -0.480 e. The predicted octanol–water partition coefficient (Wildman–Crippen LogP) is 4.67. The molecule has 2 aliphatic heterocycles. The van der Waals surface area contributed by atoms with Gasteiger partial charge in [-0.2, -0.15) is 0 Å². The van der Waals surface area contributed by atoms with Crippen LogP contribution in [0.1, 0.15) is 49.3 Å². The molecule has 1 fully saturated rings. The zero-order chi connectivity index (χ0) is 35.1. The lowest BCUT2D eigenvalue weighted by molar-refractivity contribution is -0.164. The molecule has 5 rings (SSSR count). The highest BCUT2D eigenvalue weighted by Crippen LogP contribution is 2.37. The molecule has 1 saturated heterocycles. The Bertz CT molecular complexity index is 1760. The summed E-state index contributed by atoms with van der Waals surface area (Å²) in [5, 5.41) is 22.6. The lowest BCUT2D eigenvalue weighted by Gasteiger charge is -2.28. The Morgan fingerprint density at radius 1 is 1.04 bits per heavy atom. The van der Waals surface area contributed by atoms with E-state index >= 15 is 0 Å². The van der Waals surface area contributed by atoms with Crippen LogP contribution in [0.3, 0.4) is 0 Å². The number of carbonyl (C=O) groups is 3. The number of hydrogen-bond acceptors (Lipinski definition) is 9. The van der Waals surface area contributed by atoms with Gasteiger partial charge in [0.2, 0.25) is 10.0 Å². The van der Waals surface area contributed by atoms with Crippen LogP contribution < -0.4 is 14.8 Å². The quantitative estimate of drug-likeness (QED) is 0.138. The van der Waals surface area contributed by atoms with Gasteiger partial charge in [0.25, 0.3) is 5.91 Å². The molecule has 0 saturated carbocycles. The average Bonchev–Trinajstić information content (AvgIpc) is 3.59. The molecule has 1 amide bonds. The summed E-state index contributed by atoms with van der Waals surface area (Å²) in [6, 6.07) is 19.4. The van der Waals surface area contributed by atoms with Gasteiger partial charge in [-0.25, -0.2) is 27.5 Å². The Labute approximate surface area is 294 Å². The topological polar surface area (TPSA) is 174 Å². The first-order valence-corrected chi connectivity index (χ1v) is 18.6. The van der Waals surface area contributed by atoms with E-state index < -0.39 is 46.1 Å². The van der Waals surface area contributed by atoms with Crippen LogP contribution >= 0.6 is 23.5 Å².